The zero-order chi connectivity index (χ0) is 17.0. The lowest BCUT2D eigenvalue weighted by atomic mass is 10.2. The summed E-state index contributed by atoms with van der Waals surface area (Å²) in [5.74, 6) is -0.428. The van der Waals surface area contributed by atoms with Crippen LogP contribution in [0.25, 0.3) is 5.69 Å². The van der Waals surface area contributed by atoms with E-state index in [-0.39, 0.29) is 11.7 Å². The predicted molar refractivity (Wildman–Crippen MR) is 91.5 cm³/mol. The first kappa shape index (κ1) is 16.7. The third-order valence-corrected chi connectivity index (χ3v) is 3.74. The largest absolute Gasteiger partial charge is 0.331 e. The molecule has 1 heterocycles. The minimum atomic E-state index is -0.317. The molecule has 3 nitrogen and oxygen atoms in total. The molecule has 1 aromatic heterocycles. The number of amides is 1. The van der Waals surface area contributed by atoms with Crippen molar-refractivity contribution in [2.24, 2.45) is 0 Å². The summed E-state index contributed by atoms with van der Waals surface area (Å²) in [5, 5.41) is 0. The van der Waals surface area contributed by atoms with Crippen LogP contribution in [0.5, 0.6) is 0 Å². The van der Waals surface area contributed by atoms with Crippen molar-refractivity contribution >= 4 is 5.91 Å². The molecule has 0 atom stereocenters. The molecule has 0 N–H and O–H groups in total. The van der Waals surface area contributed by atoms with Crippen LogP contribution in [0.3, 0.4) is 0 Å². The van der Waals surface area contributed by atoms with E-state index >= 15 is 0 Å². The van der Waals surface area contributed by atoms with Gasteiger partial charge in [-0.25, -0.2) is 4.39 Å². The standard InChI is InChI=1S/C19H21FN2O/c1-5-11-21(12-6-2)19(23)16-13-14(3)22(15(16)4)18-10-8-7-9-17(18)20/h5-10,13H,1-2,11-12H2,3-4H3. The molecule has 0 aliphatic rings. The smallest absolute Gasteiger partial charge is 0.256 e. The van der Waals surface area contributed by atoms with E-state index in [1.54, 1.807) is 45.9 Å². The molecule has 2 rings (SSSR count). The molecule has 2 aromatic rings. The van der Waals surface area contributed by atoms with Gasteiger partial charge in [0.2, 0.25) is 0 Å². The van der Waals surface area contributed by atoms with Crippen LogP contribution in [0.2, 0.25) is 0 Å². The minimum absolute atomic E-state index is 0.111. The summed E-state index contributed by atoms with van der Waals surface area (Å²) in [6.07, 6.45) is 3.36. The maximum absolute atomic E-state index is 14.1. The van der Waals surface area contributed by atoms with Crippen LogP contribution in [-0.2, 0) is 0 Å². The Morgan fingerprint density at radius 1 is 1.22 bits per heavy atom. The Bertz CT molecular complexity index is 736. The van der Waals surface area contributed by atoms with Crippen molar-refractivity contribution in [1.29, 1.82) is 0 Å². The van der Waals surface area contributed by atoms with Gasteiger partial charge in [0, 0.05) is 24.5 Å². The van der Waals surface area contributed by atoms with Crippen molar-refractivity contribution in [3.05, 3.63) is 78.4 Å². The average Bonchev–Trinajstić information content (AvgIpc) is 2.82. The zero-order valence-corrected chi connectivity index (χ0v) is 13.6. The van der Waals surface area contributed by atoms with E-state index in [2.05, 4.69) is 13.2 Å². The van der Waals surface area contributed by atoms with Crippen LogP contribution >= 0.6 is 0 Å². The molecule has 0 saturated carbocycles. The van der Waals surface area contributed by atoms with Gasteiger partial charge in [-0.3, -0.25) is 4.79 Å². The van der Waals surface area contributed by atoms with E-state index in [0.29, 0.717) is 24.3 Å². The van der Waals surface area contributed by atoms with E-state index in [1.807, 2.05) is 13.8 Å². The lowest BCUT2D eigenvalue weighted by Gasteiger charge is -2.19. The Morgan fingerprint density at radius 2 is 1.83 bits per heavy atom. The first-order valence-corrected chi connectivity index (χ1v) is 7.46. The van der Waals surface area contributed by atoms with Crippen LogP contribution in [0, 0.1) is 19.7 Å². The van der Waals surface area contributed by atoms with Crippen LogP contribution in [0.4, 0.5) is 4.39 Å². The topological polar surface area (TPSA) is 25.2 Å². The monoisotopic (exact) mass is 312 g/mol. The van der Waals surface area contributed by atoms with E-state index in [4.69, 9.17) is 0 Å². The fraction of sp³-hybridized carbons (Fsp3) is 0.211. The highest BCUT2D eigenvalue weighted by Crippen LogP contribution is 2.23. The molecule has 0 saturated heterocycles. The number of halogens is 1. The third-order valence-electron chi connectivity index (χ3n) is 3.74. The van der Waals surface area contributed by atoms with Crippen molar-refractivity contribution in [1.82, 2.24) is 9.47 Å². The maximum Gasteiger partial charge on any atom is 0.256 e. The molecule has 0 fully saturated rings. The summed E-state index contributed by atoms with van der Waals surface area (Å²) < 4.78 is 15.9. The second-order valence-electron chi connectivity index (χ2n) is 5.36. The van der Waals surface area contributed by atoms with Gasteiger partial charge < -0.3 is 9.47 Å². The summed E-state index contributed by atoms with van der Waals surface area (Å²) >= 11 is 0. The molecule has 0 bridgehead atoms. The first-order chi connectivity index (χ1) is 11.0. The van der Waals surface area contributed by atoms with E-state index in [0.717, 1.165) is 11.4 Å². The molecule has 4 heteroatoms. The molecule has 0 spiro atoms. The minimum Gasteiger partial charge on any atom is -0.331 e. The van der Waals surface area contributed by atoms with Gasteiger partial charge >= 0.3 is 0 Å². The fourth-order valence-corrected chi connectivity index (χ4v) is 2.71. The van der Waals surface area contributed by atoms with E-state index in [1.165, 1.54) is 6.07 Å². The number of aryl methyl sites for hydroxylation is 1. The van der Waals surface area contributed by atoms with Crippen LogP contribution < -0.4 is 0 Å². The molecule has 1 aromatic carbocycles. The average molecular weight is 312 g/mol. The van der Waals surface area contributed by atoms with Gasteiger partial charge in [0.1, 0.15) is 5.82 Å². The highest BCUT2D eigenvalue weighted by molar-refractivity contribution is 5.96. The number of para-hydroxylation sites is 1. The molecular weight excluding hydrogens is 291 g/mol. The predicted octanol–water partition coefficient (Wildman–Crippen LogP) is 4.05. The molecule has 120 valence electrons. The number of hydrogen-bond donors (Lipinski definition) is 0. The molecule has 0 unspecified atom stereocenters. The quantitative estimate of drug-likeness (QED) is 0.739. The Labute approximate surface area is 136 Å². The van der Waals surface area contributed by atoms with Gasteiger partial charge in [-0.2, -0.15) is 0 Å². The Morgan fingerprint density at radius 3 is 2.39 bits per heavy atom. The molecular formula is C19H21FN2O. The lowest BCUT2D eigenvalue weighted by molar-refractivity contribution is 0.0790. The Balaban J connectivity index is 2.49. The van der Waals surface area contributed by atoms with Gasteiger partial charge in [-0.15, -0.1) is 13.2 Å². The zero-order valence-electron chi connectivity index (χ0n) is 13.6. The number of carbonyl (C=O) groups excluding carboxylic acids is 1. The number of hydrogen-bond acceptors (Lipinski definition) is 1. The molecule has 0 radical (unpaired) electrons. The van der Waals surface area contributed by atoms with Crippen LogP contribution in [0.1, 0.15) is 21.7 Å². The number of aromatic nitrogens is 1. The van der Waals surface area contributed by atoms with Gasteiger partial charge in [-0.1, -0.05) is 24.3 Å². The second kappa shape index (κ2) is 7.09. The summed E-state index contributed by atoms with van der Waals surface area (Å²) in [6, 6.07) is 8.34. The first-order valence-electron chi connectivity index (χ1n) is 7.46. The summed E-state index contributed by atoms with van der Waals surface area (Å²) in [7, 11) is 0. The van der Waals surface area contributed by atoms with E-state index < -0.39 is 0 Å². The molecule has 0 aliphatic heterocycles. The molecule has 0 aliphatic carbocycles. The fourth-order valence-electron chi connectivity index (χ4n) is 2.71. The number of carbonyl (C=O) groups is 1. The van der Waals surface area contributed by atoms with Crippen LogP contribution in [0.15, 0.2) is 55.6 Å². The van der Waals surface area contributed by atoms with Gasteiger partial charge in [0.25, 0.3) is 5.91 Å². The number of benzene rings is 1. The SMILES string of the molecule is C=CCN(CC=C)C(=O)c1cc(C)n(-c2ccccc2F)c1C. The molecule has 23 heavy (non-hydrogen) atoms. The number of nitrogens with zero attached hydrogens (tertiary/aromatic N) is 2. The van der Waals surface area contributed by atoms with Crippen molar-refractivity contribution in [2.45, 2.75) is 13.8 Å². The summed E-state index contributed by atoms with van der Waals surface area (Å²) in [6.45, 7) is 11.9. The van der Waals surface area contributed by atoms with Crippen molar-refractivity contribution < 1.29 is 9.18 Å². The maximum atomic E-state index is 14.1. The Hall–Kier alpha value is -2.62. The van der Waals surface area contributed by atoms with Crippen molar-refractivity contribution in [2.75, 3.05) is 13.1 Å². The highest BCUT2D eigenvalue weighted by Gasteiger charge is 2.21. The summed E-state index contributed by atoms with van der Waals surface area (Å²) in [4.78, 5) is 14.4. The number of rotatable bonds is 6. The Kier molecular flexibility index (Phi) is 5.16. The van der Waals surface area contributed by atoms with Crippen LogP contribution in [-0.4, -0.2) is 28.5 Å². The second-order valence-corrected chi connectivity index (χ2v) is 5.36. The third kappa shape index (κ3) is 3.26. The highest BCUT2D eigenvalue weighted by atomic mass is 19.1. The van der Waals surface area contributed by atoms with Gasteiger partial charge in [-0.05, 0) is 32.0 Å². The molecule has 1 amide bonds. The normalized spacial score (nSPS) is 10.4. The van der Waals surface area contributed by atoms with Crippen molar-refractivity contribution in [3.63, 3.8) is 0 Å². The van der Waals surface area contributed by atoms with Crippen molar-refractivity contribution in [3.8, 4) is 5.69 Å². The van der Waals surface area contributed by atoms with Gasteiger partial charge in [0.05, 0.1) is 11.3 Å². The van der Waals surface area contributed by atoms with E-state index in [9.17, 15) is 9.18 Å². The summed E-state index contributed by atoms with van der Waals surface area (Å²) in [5.41, 5.74) is 2.54. The van der Waals surface area contributed by atoms with Gasteiger partial charge in [0.15, 0.2) is 0 Å². The lowest BCUT2D eigenvalue weighted by Crippen LogP contribution is -2.31.